The Kier molecular flexibility index (Phi) is 3.14. The summed E-state index contributed by atoms with van der Waals surface area (Å²) in [5, 5.41) is 2.65. The molecule has 0 heterocycles. The molecule has 1 atom stereocenters. The van der Waals surface area contributed by atoms with Crippen LogP contribution in [-0.4, -0.2) is 5.78 Å². The predicted molar refractivity (Wildman–Crippen MR) is 74.6 cm³/mol. The summed E-state index contributed by atoms with van der Waals surface area (Å²) in [7, 11) is 0. The summed E-state index contributed by atoms with van der Waals surface area (Å²) in [4.78, 5) is 11.5. The summed E-state index contributed by atoms with van der Waals surface area (Å²) >= 11 is 0. The summed E-state index contributed by atoms with van der Waals surface area (Å²) in [5.74, 6) is 1.00. The van der Waals surface area contributed by atoms with E-state index in [1.165, 1.54) is 22.8 Å². The monoisotopic (exact) mass is 238 g/mol. The maximum atomic E-state index is 11.5. The smallest absolute Gasteiger partial charge is 0.133 e. The van der Waals surface area contributed by atoms with Crippen LogP contribution in [0.5, 0.6) is 0 Å². The van der Waals surface area contributed by atoms with E-state index < -0.39 is 0 Å². The van der Waals surface area contributed by atoms with Crippen LogP contribution in [0.25, 0.3) is 10.8 Å². The molecular formula is C17H18O. The molecule has 0 aromatic heterocycles. The number of benzene rings is 2. The number of carbonyl (C=O) groups is 1. The van der Waals surface area contributed by atoms with Crippen molar-refractivity contribution in [2.75, 3.05) is 0 Å². The molecule has 1 aliphatic carbocycles. The van der Waals surface area contributed by atoms with Crippen molar-refractivity contribution in [1.29, 1.82) is 0 Å². The Morgan fingerprint density at radius 2 is 1.89 bits per heavy atom. The van der Waals surface area contributed by atoms with Crippen LogP contribution in [0.15, 0.2) is 42.5 Å². The number of carbonyl (C=O) groups excluding carboxylic acids is 1. The molecule has 0 bridgehead atoms. The van der Waals surface area contributed by atoms with Crippen LogP contribution in [0.4, 0.5) is 0 Å². The molecule has 1 heteroatoms. The topological polar surface area (TPSA) is 17.1 Å². The van der Waals surface area contributed by atoms with Crippen LogP contribution in [0, 0.1) is 5.92 Å². The van der Waals surface area contributed by atoms with Crippen molar-refractivity contribution in [3.05, 3.63) is 48.0 Å². The minimum absolute atomic E-state index is 0.450. The molecule has 92 valence electrons. The molecule has 1 nitrogen and oxygen atoms in total. The molecule has 0 radical (unpaired) electrons. The number of hydrogen-bond donors (Lipinski definition) is 0. The summed E-state index contributed by atoms with van der Waals surface area (Å²) in [6, 6.07) is 15.0. The van der Waals surface area contributed by atoms with Gasteiger partial charge in [-0.1, -0.05) is 42.5 Å². The van der Waals surface area contributed by atoms with E-state index in [0.717, 1.165) is 25.7 Å². The van der Waals surface area contributed by atoms with Gasteiger partial charge in [-0.05, 0) is 41.5 Å². The molecule has 0 saturated heterocycles. The molecule has 1 saturated carbocycles. The first-order chi connectivity index (χ1) is 8.83. The van der Waals surface area contributed by atoms with E-state index in [1.54, 1.807) is 0 Å². The van der Waals surface area contributed by atoms with Gasteiger partial charge in [0.1, 0.15) is 5.78 Å². The van der Waals surface area contributed by atoms with Crippen molar-refractivity contribution < 1.29 is 4.79 Å². The van der Waals surface area contributed by atoms with Gasteiger partial charge in [0.2, 0.25) is 0 Å². The fraction of sp³-hybridized carbons (Fsp3) is 0.353. The Balaban J connectivity index is 1.88. The zero-order chi connectivity index (χ0) is 12.4. The third-order valence-corrected chi connectivity index (χ3v) is 3.97. The number of Topliss-reactive ketones (excluding diaryl/α,β-unsaturated/α-hetero) is 1. The Labute approximate surface area is 108 Å². The molecule has 0 spiro atoms. The highest BCUT2D eigenvalue weighted by Crippen LogP contribution is 2.28. The number of rotatable bonds is 2. The molecule has 2 aromatic rings. The molecule has 0 amide bonds. The zero-order valence-electron chi connectivity index (χ0n) is 10.6. The molecular weight excluding hydrogens is 220 g/mol. The molecule has 18 heavy (non-hydrogen) atoms. The minimum atomic E-state index is 0.450. The lowest BCUT2D eigenvalue weighted by Gasteiger charge is -2.21. The third-order valence-electron chi connectivity index (χ3n) is 3.97. The Hall–Kier alpha value is -1.63. The first-order valence-corrected chi connectivity index (χ1v) is 6.81. The van der Waals surface area contributed by atoms with Crippen LogP contribution >= 0.6 is 0 Å². The van der Waals surface area contributed by atoms with E-state index in [1.807, 2.05) is 0 Å². The van der Waals surface area contributed by atoms with Gasteiger partial charge in [0.25, 0.3) is 0 Å². The van der Waals surface area contributed by atoms with E-state index in [9.17, 15) is 4.79 Å². The second-order valence-electron chi connectivity index (χ2n) is 5.34. The lowest BCUT2D eigenvalue weighted by molar-refractivity contribution is -0.121. The fourth-order valence-corrected chi connectivity index (χ4v) is 3.07. The molecule has 3 rings (SSSR count). The van der Waals surface area contributed by atoms with Crippen LogP contribution in [0.1, 0.15) is 31.2 Å². The van der Waals surface area contributed by atoms with Gasteiger partial charge in [-0.3, -0.25) is 4.79 Å². The van der Waals surface area contributed by atoms with Crippen molar-refractivity contribution in [2.24, 2.45) is 5.92 Å². The molecule has 0 aliphatic heterocycles. The largest absolute Gasteiger partial charge is 0.300 e. The Morgan fingerprint density at radius 3 is 2.78 bits per heavy atom. The van der Waals surface area contributed by atoms with E-state index in [-0.39, 0.29) is 0 Å². The van der Waals surface area contributed by atoms with Crippen molar-refractivity contribution >= 4 is 16.6 Å². The maximum absolute atomic E-state index is 11.5. The third kappa shape index (κ3) is 2.31. The van der Waals surface area contributed by atoms with Gasteiger partial charge in [0.15, 0.2) is 0 Å². The van der Waals surface area contributed by atoms with Crippen LogP contribution in [-0.2, 0) is 11.2 Å². The normalized spacial score (nSPS) is 20.2. The fourth-order valence-electron chi connectivity index (χ4n) is 3.07. The van der Waals surface area contributed by atoms with Gasteiger partial charge in [-0.2, -0.15) is 0 Å². The summed E-state index contributed by atoms with van der Waals surface area (Å²) < 4.78 is 0. The van der Waals surface area contributed by atoms with E-state index >= 15 is 0 Å². The zero-order valence-corrected chi connectivity index (χ0v) is 10.6. The SMILES string of the molecule is O=C1CCCC(Cc2cccc3ccccc23)C1. The van der Waals surface area contributed by atoms with E-state index in [0.29, 0.717) is 11.7 Å². The van der Waals surface area contributed by atoms with Gasteiger partial charge in [-0.25, -0.2) is 0 Å². The van der Waals surface area contributed by atoms with Gasteiger partial charge in [-0.15, -0.1) is 0 Å². The lowest BCUT2D eigenvalue weighted by atomic mass is 9.83. The van der Waals surface area contributed by atoms with Crippen LogP contribution in [0.3, 0.4) is 0 Å². The molecule has 2 aromatic carbocycles. The number of hydrogen-bond acceptors (Lipinski definition) is 1. The predicted octanol–water partition coefficient (Wildman–Crippen LogP) is 4.14. The average Bonchev–Trinajstić information content (AvgIpc) is 2.39. The maximum Gasteiger partial charge on any atom is 0.133 e. The Bertz CT molecular complexity index is 565. The highest BCUT2D eigenvalue weighted by molar-refractivity contribution is 5.85. The standard InChI is InChI=1S/C17H18O/c18-16-9-3-5-13(12-16)11-15-8-4-7-14-6-1-2-10-17(14)15/h1-2,4,6-8,10,13H,3,5,9,11-12H2. The number of ketones is 1. The molecule has 0 N–H and O–H groups in total. The van der Waals surface area contributed by atoms with E-state index in [4.69, 9.17) is 0 Å². The second-order valence-corrected chi connectivity index (χ2v) is 5.34. The van der Waals surface area contributed by atoms with Gasteiger partial charge < -0.3 is 0 Å². The van der Waals surface area contributed by atoms with Crippen molar-refractivity contribution in [2.45, 2.75) is 32.1 Å². The van der Waals surface area contributed by atoms with E-state index in [2.05, 4.69) is 42.5 Å². The summed E-state index contributed by atoms with van der Waals surface area (Å²) in [6.07, 6.45) is 4.91. The molecule has 1 aliphatic rings. The molecule has 1 fully saturated rings. The van der Waals surface area contributed by atoms with Gasteiger partial charge in [0, 0.05) is 12.8 Å². The summed E-state index contributed by atoms with van der Waals surface area (Å²) in [6.45, 7) is 0. The average molecular weight is 238 g/mol. The Morgan fingerprint density at radius 1 is 1.06 bits per heavy atom. The van der Waals surface area contributed by atoms with Crippen LogP contribution < -0.4 is 0 Å². The van der Waals surface area contributed by atoms with Crippen molar-refractivity contribution in [1.82, 2.24) is 0 Å². The second kappa shape index (κ2) is 4.93. The molecule has 1 unspecified atom stereocenters. The quantitative estimate of drug-likeness (QED) is 0.768. The highest BCUT2D eigenvalue weighted by atomic mass is 16.1. The van der Waals surface area contributed by atoms with Gasteiger partial charge >= 0.3 is 0 Å². The lowest BCUT2D eigenvalue weighted by Crippen LogP contribution is -2.16. The highest BCUT2D eigenvalue weighted by Gasteiger charge is 2.20. The minimum Gasteiger partial charge on any atom is -0.300 e. The van der Waals surface area contributed by atoms with Gasteiger partial charge in [0.05, 0.1) is 0 Å². The first kappa shape index (κ1) is 11.5. The van der Waals surface area contributed by atoms with Crippen LogP contribution in [0.2, 0.25) is 0 Å². The van der Waals surface area contributed by atoms with Crippen molar-refractivity contribution in [3.63, 3.8) is 0 Å². The summed E-state index contributed by atoms with van der Waals surface area (Å²) in [5.41, 5.74) is 1.40. The first-order valence-electron chi connectivity index (χ1n) is 6.81. The van der Waals surface area contributed by atoms with Crippen molar-refractivity contribution in [3.8, 4) is 0 Å². The number of fused-ring (bicyclic) bond motifs is 1.